The number of fused-ring (bicyclic) bond motifs is 2. The van der Waals surface area contributed by atoms with Crippen LogP contribution in [0.4, 0.5) is 0 Å². The zero-order valence-corrected chi connectivity index (χ0v) is 21.3. The van der Waals surface area contributed by atoms with Crippen molar-refractivity contribution in [3.8, 4) is 11.5 Å². The topological polar surface area (TPSA) is 125 Å². The van der Waals surface area contributed by atoms with Crippen LogP contribution in [-0.4, -0.2) is 63.9 Å². The molecule has 0 saturated carbocycles. The van der Waals surface area contributed by atoms with E-state index in [4.69, 9.17) is 0 Å². The Labute approximate surface area is 206 Å². The van der Waals surface area contributed by atoms with Gasteiger partial charge in [0.15, 0.2) is 11.5 Å². The SMILES string of the molecule is Cc1cc2nc3c(=O)n(CC[NH3+])c(=O)nc-3n(CC[N+](C)(C)CC[NH3+])c2cc1C.[Cl-].[Cl-].[Cl-]. The molecular weight excluding hydrogens is 477 g/mol. The normalized spacial score (nSPS) is 11.1. The highest BCUT2D eigenvalue weighted by atomic mass is 35.5. The van der Waals surface area contributed by atoms with Gasteiger partial charge in [0.25, 0.3) is 5.56 Å². The second-order valence-electron chi connectivity index (χ2n) is 8.30. The van der Waals surface area contributed by atoms with Crippen molar-refractivity contribution in [2.45, 2.75) is 26.9 Å². The predicted octanol–water partition coefficient (Wildman–Crippen LogP) is -10.8. The first-order valence-electron chi connectivity index (χ1n) is 10.0. The summed E-state index contributed by atoms with van der Waals surface area (Å²) < 4.78 is 3.89. The molecule has 1 aromatic carbocycles. The van der Waals surface area contributed by atoms with Crippen molar-refractivity contribution in [3.63, 3.8) is 0 Å². The average Bonchev–Trinajstić information content (AvgIpc) is 2.64. The number of aromatic nitrogens is 4. The van der Waals surface area contributed by atoms with Gasteiger partial charge >= 0.3 is 5.69 Å². The standard InChI is InChI=1S/C20H30N7O2.3ClH/c1-13-11-15-16(12-14(13)2)25(8-10-27(3,4)9-6-22)18-17(23-15)19(28)26(7-5-21)20(29)24-18;;;/h11-12H,5-10,21-22H2,1-4H3;3*1H/q+1;;;/p-1. The molecule has 0 spiro atoms. The molecule has 0 amide bonds. The summed E-state index contributed by atoms with van der Waals surface area (Å²) in [5.74, 6) is 0.352. The maximum Gasteiger partial charge on any atom is 0.352 e. The maximum atomic E-state index is 13.0. The van der Waals surface area contributed by atoms with Crippen LogP contribution in [0.1, 0.15) is 11.1 Å². The Hall–Kier alpha value is -1.75. The van der Waals surface area contributed by atoms with E-state index in [1.165, 1.54) is 0 Å². The minimum Gasteiger partial charge on any atom is -1.00 e. The van der Waals surface area contributed by atoms with Crippen LogP contribution in [0.5, 0.6) is 0 Å². The van der Waals surface area contributed by atoms with E-state index in [0.29, 0.717) is 18.9 Å². The van der Waals surface area contributed by atoms with E-state index in [9.17, 15) is 9.59 Å². The van der Waals surface area contributed by atoms with Gasteiger partial charge in [-0.1, -0.05) is 0 Å². The van der Waals surface area contributed by atoms with E-state index in [1.807, 2.05) is 24.5 Å². The van der Waals surface area contributed by atoms with Gasteiger partial charge in [0.05, 0.1) is 51.3 Å². The number of halogens is 3. The number of quaternary nitrogens is 3. The molecule has 0 saturated heterocycles. The predicted molar refractivity (Wildman–Crippen MR) is 112 cm³/mol. The molecule has 2 aliphatic heterocycles. The third kappa shape index (κ3) is 5.98. The Balaban J connectivity index is 0.00000320. The molecule has 0 atom stereocenters. The van der Waals surface area contributed by atoms with Gasteiger partial charge in [0, 0.05) is 0 Å². The number of aryl methyl sites for hydroxylation is 2. The molecule has 12 heteroatoms. The Kier molecular flexibility index (Phi) is 11.3. The number of benzene rings is 1. The van der Waals surface area contributed by atoms with Gasteiger partial charge in [-0.3, -0.25) is 9.36 Å². The van der Waals surface area contributed by atoms with Gasteiger partial charge in [-0.25, -0.2) is 9.78 Å². The van der Waals surface area contributed by atoms with Crippen LogP contribution < -0.4 is 59.9 Å². The fourth-order valence-corrected chi connectivity index (χ4v) is 3.62. The van der Waals surface area contributed by atoms with Crippen LogP contribution in [0, 0.1) is 13.8 Å². The Morgan fingerprint density at radius 1 is 0.875 bits per heavy atom. The summed E-state index contributed by atoms with van der Waals surface area (Å²) in [6.07, 6.45) is 0. The molecule has 1 aromatic rings. The largest absolute Gasteiger partial charge is 1.00 e. The molecule has 180 valence electrons. The Bertz CT molecular complexity index is 1140. The fraction of sp³-hybridized carbons (Fsp3) is 0.500. The highest BCUT2D eigenvalue weighted by Crippen LogP contribution is 2.24. The van der Waals surface area contributed by atoms with E-state index in [-0.39, 0.29) is 49.5 Å². The lowest BCUT2D eigenvalue weighted by Crippen LogP contribution is -3.00. The fourth-order valence-electron chi connectivity index (χ4n) is 3.62. The first-order valence-corrected chi connectivity index (χ1v) is 10.0. The molecule has 2 aliphatic rings. The highest BCUT2D eigenvalue weighted by Gasteiger charge is 2.24. The lowest BCUT2D eigenvalue weighted by atomic mass is 10.1. The highest BCUT2D eigenvalue weighted by molar-refractivity contribution is 5.81. The first-order chi connectivity index (χ1) is 13.7. The van der Waals surface area contributed by atoms with Crippen molar-refractivity contribution in [1.29, 1.82) is 0 Å². The van der Waals surface area contributed by atoms with E-state index in [0.717, 1.165) is 50.8 Å². The second-order valence-corrected chi connectivity index (χ2v) is 8.30. The van der Waals surface area contributed by atoms with Gasteiger partial charge < -0.3 is 57.7 Å². The zero-order chi connectivity index (χ0) is 21.3. The summed E-state index contributed by atoms with van der Waals surface area (Å²) in [4.78, 5) is 34.4. The van der Waals surface area contributed by atoms with E-state index in [1.54, 1.807) is 0 Å². The molecule has 9 nitrogen and oxygen atoms in total. The van der Waals surface area contributed by atoms with E-state index in [2.05, 4.69) is 41.6 Å². The number of nitrogens with zero attached hydrogens (tertiary/aromatic N) is 5. The maximum absolute atomic E-state index is 13.0. The third-order valence-electron chi connectivity index (χ3n) is 5.54. The van der Waals surface area contributed by atoms with Crippen LogP contribution in [0.2, 0.25) is 0 Å². The summed E-state index contributed by atoms with van der Waals surface area (Å²) in [6.45, 7) is 7.97. The van der Waals surface area contributed by atoms with Gasteiger partial charge in [-0.15, -0.1) is 0 Å². The van der Waals surface area contributed by atoms with Crippen LogP contribution in [-0.2, 0) is 13.1 Å². The molecule has 0 unspecified atom stereocenters. The summed E-state index contributed by atoms with van der Waals surface area (Å²) in [5.41, 5.74) is 10.9. The summed E-state index contributed by atoms with van der Waals surface area (Å²) in [5, 5.41) is 0. The minimum absolute atomic E-state index is 0. The van der Waals surface area contributed by atoms with Crippen LogP contribution in [0.25, 0.3) is 22.6 Å². The molecule has 0 aliphatic carbocycles. The number of hydrogen-bond donors (Lipinski definition) is 2. The molecule has 2 heterocycles. The molecule has 3 rings (SSSR count). The van der Waals surface area contributed by atoms with E-state index < -0.39 is 11.2 Å². The third-order valence-corrected chi connectivity index (χ3v) is 5.54. The molecule has 0 bridgehead atoms. The average molecular weight is 509 g/mol. The van der Waals surface area contributed by atoms with Crippen molar-refractivity contribution in [3.05, 3.63) is 44.1 Å². The van der Waals surface area contributed by atoms with Gasteiger partial charge in [-0.05, 0) is 37.1 Å². The molecule has 6 N–H and O–H groups in total. The van der Waals surface area contributed by atoms with Gasteiger partial charge in [-0.2, -0.15) is 4.98 Å². The molecular formula is C20H32Cl3N7O2. The van der Waals surface area contributed by atoms with Crippen molar-refractivity contribution in [1.82, 2.24) is 19.1 Å². The minimum atomic E-state index is -0.545. The summed E-state index contributed by atoms with van der Waals surface area (Å²) >= 11 is 0. The van der Waals surface area contributed by atoms with Crippen molar-refractivity contribution >= 4 is 11.0 Å². The molecule has 0 aromatic heterocycles. The van der Waals surface area contributed by atoms with Crippen LogP contribution in [0.15, 0.2) is 21.7 Å². The smallest absolute Gasteiger partial charge is 0.352 e. The molecule has 32 heavy (non-hydrogen) atoms. The lowest BCUT2D eigenvalue weighted by Gasteiger charge is -2.29. The van der Waals surface area contributed by atoms with Gasteiger partial charge in [0.1, 0.15) is 13.1 Å². The second kappa shape index (κ2) is 11.9. The van der Waals surface area contributed by atoms with E-state index >= 15 is 0 Å². The molecule has 0 radical (unpaired) electrons. The van der Waals surface area contributed by atoms with Crippen molar-refractivity contribution in [2.24, 2.45) is 0 Å². The van der Waals surface area contributed by atoms with Crippen LogP contribution in [0.3, 0.4) is 0 Å². The van der Waals surface area contributed by atoms with Crippen molar-refractivity contribution < 1.29 is 53.2 Å². The monoisotopic (exact) mass is 507 g/mol. The number of rotatable bonds is 7. The Morgan fingerprint density at radius 3 is 2.09 bits per heavy atom. The van der Waals surface area contributed by atoms with Crippen molar-refractivity contribution in [2.75, 3.05) is 40.3 Å². The number of likely N-dealkylation sites (N-methyl/N-ethyl adjacent to an activating group) is 1. The quantitative estimate of drug-likeness (QED) is 0.243. The first kappa shape index (κ1) is 30.2. The number of hydrogen-bond acceptors (Lipinski definition) is 4. The van der Waals surface area contributed by atoms with Gasteiger partial charge in [0.2, 0.25) is 0 Å². The summed E-state index contributed by atoms with van der Waals surface area (Å²) in [7, 11) is 4.31. The molecule has 0 fully saturated rings. The lowest BCUT2D eigenvalue weighted by molar-refractivity contribution is -0.895. The zero-order valence-electron chi connectivity index (χ0n) is 19.0. The summed E-state index contributed by atoms with van der Waals surface area (Å²) in [6, 6.07) is 4.05. The Morgan fingerprint density at radius 2 is 1.50 bits per heavy atom. The van der Waals surface area contributed by atoms with Crippen LogP contribution >= 0.6 is 0 Å².